The van der Waals surface area contributed by atoms with E-state index in [1.807, 2.05) is 60.7 Å². The van der Waals surface area contributed by atoms with Gasteiger partial charge in [0.25, 0.3) is 0 Å². The first-order valence-electron chi connectivity index (χ1n) is 7.26. The van der Waals surface area contributed by atoms with Gasteiger partial charge in [-0.25, -0.2) is 0 Å². The molecule has 3 rings (SSSR count). The van der Waals surface area contributed by atoms with E-state index in [9.17, 15) is 10.1 Å². The fourth-order valence-corrected chi connectivity index (χ4v) is 2.69. The molecule has 2 atom stereocenters. The van der Waals surface area contributed by atoms with Gasteiger partial charge in [0.1, 0.15) is 11.5 Å². The van der Waals surface area contributed by atoms with Crippen LogP contribution in [0.3, 0.4) is 0 Å². The van der Waals surface area contributed by atoms with Gasteiger partial charge in [-0.05, 0) is 12.1 Å². The van der Waals surface area contributed by atoms with Crippen molar-refractivity contribution in [2.24, 2.45) is 5.92 Å². The summed E-state index contributed by atoms with van der Waals surface area (Å²) in [6, 6.07) is 19.1. The third kappa shape index (κ3) is 2.82. The first-order valence-corrected chi connectivity index (χ1v) is 7.26. The number of nitrogens with zero attached hydrogens (tertiary/aromatic N) is 1. The molecule has 0 radical (unpaired) electrons. The molecule has 23 heavy (non-hydrogen) atoms. The predicted octanol–water partition coefficient (Wildman–Crippen LogP) is 3.52. The summed E-state index contributed by atoms with van der Waals surface area (Å²) in [5.41, 5.74) is 1.71. The highest BCUT2D eigenvalue weighted by atomic mass is 16.5. The van der Waals surface area contributed by atoms with Gasteiger partial charge in [-0.15, -0.1) is 0 Å². The van der Waals surface area contributed by atoms with Crippen LogP contribution in [0, 0.1) is 17.2 Å². The minimum Gasteiger partial charge on any atom is -0.468 e. The molecule has 2 unspecified atom stereocenters. The van der Waals surface area contributed by atoms with Crippen LogP contribution in [0.5, 0.6) is 5.75 Å². The zero-order chi connectivity index (χ0) is 16.2. The van der Waals surface area contributed by atoms with E-state index in [1.54, 1.807) is 0 Å². The number of carbonyl (C=O) groups excluding carboxylic acids is 1. The third-order valence-electron chi connectivity index (χ3n) is 3.84. The Bertz CT molecular complexity index is 790. The highest BCUT2D eigenvalue weighted by Gasteiger charge is 2.34. The van der Waals surface area contributed by atoms with Crippen LogP contribution in [-0.4, -0.2) is 13.1 Å². The number of nitriles is 1. The quantitative estimate of drug-likeness (QED) is 0.814. The lowest BCUT2D eigenvalue weighted by Crippen LogP contribution is -2.24. The van der Waals surface area contributed by atoms with E-state index >= 15 is 0 Å². The van der Waals surface area contributed by atoms with Crippen LogP contribution in [0.2, 0.25) is 0 Å². The molecule has 0 aromatic heterocycles. The molecule has 114 valence electrons. The summed E-state index contributed by atoms with van der Waals surface area (Å²) in [5, 5.41) is 9.44. The number of hydrogen-bond donors (Lipinski definition) is 0. The molecule has 1 heterocycles. The Morgan fingerprint density at radius 3 is 2.57 bits per heavy atom. The second-order valence-electron chi connectivity index (χ2n) is 5.19. The van der Waals surface area contributed by atoms with Crippen molar-refractivity contribution in [2.45, 2.75) is 5.92 Å². The number of benzene rings is 2. The van der Waals surface area contributed by atoms with E-state index in [-0.39, 0.29) is 0 Å². The maximum Gasteiger partial charge on any atom is 0.324 e. The first kappa shape index (κ1) is 14.9. The second-order valence-corrected chi connectivity index (χ2v) is 5.19. The second kappa shape index (κ2) is 6.37. The van der Waals surface area contributed by atoms with Crippen molar-refractivity contribution in [1.82, 2.24) is 0 Å². The molecule has 0 fully saturated rings. The van der Waals surface area contributed by atoms with Crippen LogP contribution >= 0.6 is 0 Å². The van der Waals surface area contributed by atoms with E-state index in [0.717, 1.165) is 11.1 Å². The van der Waals surface area contributed by atoms with Crippen LogP contribution in [0.25, 0.3) is 5.76 Å². The number of carbonyl (C=O) groups is 1. The van der Waals surface area contributed by atoms with E-state index < -0.39 is 17.8 Å². The van der Waals surface area contributed by atoms with Crippen molar-refractivity contribution in [2.75, 3.05) is 7.11 Å². The minimum atomic E-state index is -0.913. The Labute approximate surface area is 134 Å². The van der Waals surface area contributed by atoms with Gasteiger partial charge in [-0.3, -0.25) is 4.79 Å². The van der Waals surface area contributed by atoms with Crippen LogP contribution < -0.4 is 4.74 Å². The van der Waals surface area contributed by atoms with Gasteiger partial charge in [0.05, 0.1) is 13.2 Å². The molecule has 1 aliphatic rings. The maximum absolute atomic E-state index is 12.0. The summed E-state index contributed by atoms with van der Waals surface area (Å²) in [4.78, 5) is 12.0. The number of methoxy groups -OCH3 is 1. The number of rotatable bonds is 3. The summed E-state index contributed by atoms with van der Waals surface area (Å²) in [6.45, 7) is 0. The van der Waals surface area contributed by atoms with E-state index in [2.05, 4.69) is 6.07 Å². The van der Waals surface area contributed by atoms with Crippen molar-refractivity contribution < 1.29 is 14.3 Å². The zero-order valence-corrected chi connectivity index (χ0v) is 12.6. The Morgan fingerprint density at radius 1 is 1.17 bits per heavy atom. The molecule has 0 saturated heterocycles. The lowest BCUT2D eigenvalue weighted by Gasteiger charge is -2.26. The van der Waals surface area contributed by atoms with Gasteiger partial charge in [-0.1, -0.05) is 48.5 Å². The number of allylic oxidation sites excluding steroid dienone is 1. The lowest BCUT2D eigenvalue weighted by atomic mass is 9.84. The van der Waals surface area contributed by atoms with Crippen molar-refractivity contribution >= 4 is 11.7 Å². The molecule has 0 aliphatic carbocycles. The molecular formula is C19H15NO3. The summed E-state index contributed by atoms with van der Waals surface area (Å²) >= 11 is 0. The van der Waals surface area contributed by atoms with Crippen LogP contribution in [-0.2, 0) is 9.53 Å². The Morgan fingerprint density at radius 2 is 1.87 bits per heavy atom. The van der Waals surface area contributed by atoms with Gasteiger partial charge in [-0.2, -0.15) is 5.26 Å². The largest absolute Gasteiger partial charge is 0.468 e. The van der Waals surface area contributed by atoms with Crippen LogP contribution in [0.4, 0.5) is 0 Å². The smallest absolute Gasteiger partial charge is 0.324 e. The van der Waals surface area contributed by atoms with Crippen molar-refractivity contribution in [1.29, 1.82) is 5.26 Å². The average molecular weight is 305 g/mol. The molecule has 0 N–H and O–H groups in total. The molecule has 0 bridgehead atoms. The molecule has 2 aromatic carbocycles. The molecule has 4 nitrogen and oxygen atoms in total. The Hall–Kier alpha value is -3.06. The molecule has 2 aromatic rings. The maximum atomic E-state index is 12.0. The van der Waals surface area contributed by atoms with Crippen LogP contribution in [0.15, 0.2) is 60.7 Å². The van der Waals surface area contributed by atoms with Gasteiger partial charge < -0.3 is 9.47 Å². The van der Waals surface area contributed by atoms with E-state index in [0.29, 0.717) is 11.5 Å². The summed E-state index contributed by atoms with van der Waals surface area (Å²) < 4.78 is 10.7. The number of esters is 1. The minimum absolute atomic E-state index is 0.410. The number of ether oxygens (including phenoxy) is 2. The van der Waals surface area contributed by atoms with E-state index in [1.165, 1.54) is 7.11 Å². The van der Waals surface area contributed by atoms with Crippen molar-refractivity contribution in [3.63, 3.8) is 0 Å². The molecule has 1 aliphatic heterocycles. The van der Waals surface area contributed by atoms with Gasteiger partial charge in [0.15, 0.2) is 5.92 Å². The van der Waals surface area contributed by atoms with Gasteiger partial charge in [0, 0.05) is 17.0 Å². The Balaban J connectivity index is 2.09. The summed E-state index contributed by atoms with van der Waals surface area (Å²) in [7, 11) is 1.29. The standard InChI is InChI=1S/C19H15NO3/c1-22-19(21)16(12-20)15-11-18(13-7-3-2-4-8-13)23-17-10-6-5-9-14(15)17/h2-11,15-16H,1H3. The molecule has 0 spiro atoms. The molecule has 4 heteroatoms. The predicted molar refractivity (Wildman–Crippen MR) is 85.3 cm³/mol. The molecule has 0 amide bonds. The lowest BCUT2D eigenvalue weighted by molar-refractivity contribution is -0.143. The Kier molecular flexibility index (Phi) is 4.11. The molecular weight excluding hydrogens is 290 g/mol. The monoisotopic (exact) mass is 305 g/mol. The molecule has 0 saturated carbocycles. The summed E-state index contributed by atoms with van der Waals surface area (Å²) in [5.74, 6) is -0.573. The zero-order valence-electron chi connectivity index (χ0n) is 12.6. The summed E-state index contributed by atoms with van der Waals surface area (Å²) in [6.07, 6.45) is 1.82. The van der Waals surface area contributed by atoms with Crippen molar-refractivity contribution in [3.05, 3.63) is 71.8 Å². The number of hydrogen-bond acceptors (Lipinski definition) is 4. The van der Waals surface area contributed by atoms with Crippen LogP contribution in [0.1, 0.15) is 17.0 Å². The highest BCUT2D eigenvalue weighted by molar-refractivity contribution is 5.79. The number of fused-ring (bicyclic) bond motifs is 1. The highest BCUT2D eigenvalue weighted by Crippen LogP contribution is 2.41. The van der Waals surface area contributed by atoms with E-state index in [4.69, 9.17) is 9.47 Å². The van der Waals surface area contributed by atoms with Crippen molar-refractivity contribution in [3.8, 4) is 11.8 Å². The topological polar surface area (TPSA) is 59.3 Å². The third-order valence-corrected chi connectivity index (χ3v) is 3.84. The number of para-hydroxylation sites is 1. The SMILES string of the molecule is COC(=O)C(C#N)C1C=C(c2ccccc2)Oc2ccccc21. The first-order chi connectivity index (χ1) is 11.2. The fourth-order valence-electron chi connectivity index (χ4n) is 2.69. The van der Waals surface area contributed by atoms with Gasteiger partial charge >= 0.3 is 5.97 Å². The van der Waals surface area contributed by atoms with Gasteiger partial charge in [0.2, 0.25) is 0 Å². The fraction of sp³-hybridized carbons (Fsp3) is 0.158. The average Bonchev–Trinajstić information content (AvgIpc) is 2.62. The normalized spacial score (nSPS) is 17.0.